The van der Waals surface area contributed by atoms with E-state index in [0.717, 1.165) is 25.7 Å². The topological polar surface area (TPSA) is 165 Å². The zero-order valence-corrected chi connectivity index (χ0v) is 10.7. The van der Waals surface area contributed by atoms with Gasteiger partial charge in [0.05, 0.1) is 6.29 Å². The maximum absolute atomic E-state index is 10.5. The van der Waals surface area contributed by atoms with Crippen molar-refractivity contribution in [1.82, 2.24) is 5.32 Å². The lowest BCUT2D eigenvalue weighted by Crippen LogP contribution is -2.22. The molecule has 0 aromatic heterocycles. The molecule has 104 valence electrons. The molecule has 0 radical (unpaired) electrons. The second-order valence-corrected chi connectivity index (χ2v) is 5.19. The van der Waals surface area contributed by atoms with Gasteiger partial charge in [0.1, 0.15) is 0 Å². The Labute approximate surface area is 101 Å². The fourth-order valence-corrected chi connectivity index (χ4v) is 1.60. The van der Waals surface area contributed by atoms with Crippen LogP contribution in [-0.4, -0.2) is 40.6 Å². The van der Waals surface area contributed by atoms with E-state index < -0.39 is 7.60 Å². The molecule has 0 aromatic carbocycles. The standard InChI is InChI=1S/C8H21N4O3P.H2O/c9-8(10)12-6-4-2-1-3-5-11-7-16(13,14)15;/h11H,1-7H2,(H4,9,10,12)(H2,13,14,15);1H2. The Bertz CT molecular complexity index is 252. The summed E-state index contributed by atoms with van der Waals surface area (Å²) in [4.78, 5) is 20.9. The highest BCUT2D eigenvalue weighted by molar-refractivity contribution is 7.51. The third kappa shape index (κ3) is 17.9. The van der Waals surface area contributed by atoms with Crippen molar-refractivity contribution in [3.63, 3.8) is 0 Å². The Morgan fingerprint density at radius 2 is 1.76 bits per heavy atom. The second-order valence-electron chi connectivity index (χ2n) is 3.54. The lowest BCUT2D eigenvalue weighted by Gasteiger charge is -2.05. The van der Waals surface area contributed by atoms with E-state index in [4.69, 9.17) is 21.3 Å². The van der Waals surface area contributed by atoms with Crippen LogP contribution in [0.25, 0.3) is 0 Å². The number of rotatable bonds is 9. The largest absolute Gasteiger partial charge is 0.412 e. The molecule has 9 N–H and O–H groups in total. The first kappa shape index (κ1) is 18.7. The van der Waals surface area contributed by atoms with Crippen molar-refractivity contribution in [2.75, 3.05) is 19.4 Å². The summed E-state index contributed by atoms with van der Waals surface area (Å²) in [6, 6.07) is 0. The van der Waals surface area contributed by atoms with E-state index in [0.29, 0.717) is 13.1 Å². The molecular weight excluding hydrogens is 247 g/mol. The summed E-state index contributed by atoms with van der Waals surface area (Å²) in [6.07, 6.45) is 3.57. The number of unbranched alkanes of at least 4 members (excludes halogenated alkanes) is 3. The lowest BCUT2D eigenvalue weighted by molar-refractivity contribution is 0.367. The highest BCUT2D eigenvalue weighted by Gasteiger charge is 2.10. The van der Waals surface area contributed by atoms with E-state index in [2.05, 4.69) is 10.3 Å². The summed E-state index contributed by atoms with van der Waals surface area (Å²) < 4.78 is 10.5. The molecule has 0 aromatic rings. The maximum atomic E-state index is 10.5. The lowest BCUT2D eigenvalue weighted by atomic mass is 10.2. The van der Waals surface area contributed by atoms with Crippen LogP contribution in [0.4, 0.5) is 0 Å². The number of hydrogen-bond donors (Lipinski definition) is 5. The van der Waals surface area contributed by atoms with Crippen LogP contribution in [-0.2, 0) is 4.57 Å². The number of hydrogen-bond acceptors (Lipinski definition) is 3. The van der Waals surface area contributed by atoms with E-state index in [1.807, 2.05) is 0 Å². The van der Waals surface area contributed by atoms with Gasteiger partial charge in [0.25, 0.3) is 0 Å². The van der Waals surface area contributed by atoms with Gasteiger partial charge >= 0.3 is 7.60 Å². The normalized spacial score (nSPS) is 10.7. The summed E-state index contributed by atoms with van der Waals surface area (Å²) in [5.74, 6) is 0.114. The average Bonchev–Trinajstić information content (AvgIpc) is 2.13. The predicted molar refractivity (Wildman–Crippen MR) is 67.7 cm³/mol. The molecular formula is C8H23N4O4P. The predicted octanol–water partition coefficient (Wildman–Crippen LogP) is -1.28. The SMILES string of the molecule is NC(N)=NCCCCCCNCP(=O)(O)O.O. The van der Waals surface area contributed by atoms with Gasteiger partial charge in [0.15, 0.2) is 5.96 Å². The molecule has 0 unspecified atom stereocenters. The number of nitrogens with two attached hydrogens (primary N) is 2. The summed E-state index contributed by atoms with van der Waals surface area (Å²) in [6.45, 7) is 1.26. The van der Waals surface area contributed by atoms with Crippen molar-refractivity contribution in [1.29, 1.82) is 0 Å². The van der Waals surface area contributed by atoms with Crippen molar-refractivity contribution in [3.05, 3.63) is 0 Å². The third-order valence-electron chi connectivity index (χ3n) is 1.87. The van der Waals surface area contributed by atoms with Crippen molar-refractivity contribution in [3.8, 4) is 0 Å². The Morgan fingerprint density at radius 1 is 1.18 bits per heavy atom. The molecule has 0 bridgehead atoms. The van der Waals surface area contributed by atoms with Crippen LogP contribution in [0.5, 0.6) is 0 Å². The molecule has 0 aliphatic rings. The van der Waals surface area contributed by atoms with Crippen LogP contribution in [0.1, 0.15) is 25.7 Å². The van der Waals surface area contributed by atoms with Gasteiger partial charge in [-0.25, -0.2) is 0 Å². The molecule has 0 amide bonds. The summed E-state index contributed by atoms with van der Waals surface area (Å²) in [5.41, 5.74) is 10.3. The molecule has 0 rings (SSSR count). The van der Waals surface area contributed by atoms with Crippen LogP contribution in [0.2, 0.25) is 0 Å². The van der Waals surface area contributed by atoms with Gasteiger partial charge in [-0.2, -0.15) is 0 Å². The van der Waals surface area contributed by atoms with Gasteiger partial charge in [0.2, 0.25) is 0 Å². The van der Waals surface area contributed by atoms with Crippen LogP contribution < -0.4 is 16.8 Å². The second kappa shape index (κ2) is 10.5. The highest BCUT2D eigenvalue weighted by Crippen LogP contribution is 2.31. The molecule has 8 nitrogen and oxygen atoms in total. The maximum Gasteiger partial charge on any atom is 0.339 e. The van der Waals surface area contributed by atoms with Crippen LogP contribution in [0.15, 0.2) is 4.99 Å². The van der Waals surface area contributed by atoms with E-state index in [1.165, 1.54) is 0 Å². The minimum absolute atomic E-state index is 0. The molecule has 0 spiro atoms. The molecule has 17 heavy (non-hydrogen) atoms. The minimum atomic E-state index is -3.90. The zero-order chi connectivity index (χ0) is 12.4. The van der Waals surface area contributed by atoms with E-state index in [9.17, 15) is 4.57 Å². The summed E-state index contributed by atoms with van der Waals surface area (Å²) >= 11 is 0. The Hall–Kier alpha value is -0.660. The Kier molecular flexibility index (Phi) is 11.5. The van der Waals surface area contributed by atoms with E-state index in [-0.39, 0.29) is 17.7 Å². The van der Waals surface area contributed by atoms with E-state index >= 15 is 0 Å². The van der Waals surface area contributed by atoms with Crippen molar-refractivity contribution in [2.24, 2.45) is 16.5 Å². The third-order valence-corrected chi connectivity index (χ3v) is 2.51. The average molecular weight is 270 g/mol. The molecule has 0 heterocycles. The molecule has 9 heteroatoms. The first-order valence-corrected chi connectivity index (χ1v) is 7.02. The fraction of sp³-hybridized carbons (Fsp3) is 0.875. The number of guanidine groups is 1. The monoisotopic (exact) mass is 270 g/mol. The molecule has 0 saturated carbocycles. The number of aliphatic imine (C=N–C) groups is 1. The van der Waals surface area contributed by atoms with Crippen LogP contribution >= 0.6 is 7.60 Å². The molecule has 0 aliphatic heterocycles. The molecule has 0 aliphatic carbocycles. The van der Waals surface area contributed by atoms with Gasteiger partial charge in [-0.15, -0.1) is 0 Å². The first-order valence-electron chi connectivity index (χ1n) is 5.22. The fourth-order valence-electron chi connectivity index (χ4n) is 1.15. The number of nitrogens with zero attached hydrogens (tertiary/aromatic N) is 1. The van der Waals surface area contributed by atoms with Gasteiger partial charge in [-0.1, -0.05) is 12.8 Å². The van der Waals surface area contributed by atoms with Gasteiger partial charge in [0, 0.05) is 6.54 Å². The number of nitrogens with one attached hydrogen (secondary N) is 1. The van der Waals surface area contributed by atoms with Crippen molar-refractivity contribution in [2.45, 2.75) is 25.7 Å². The van der Waals surface area contributed by atoms with E-state index in [1.54, 1.807) is 0 Å². The quantitative estimate of drug-likeness (QED) is 0.151. The van der Waals surface area contributed by atoms with Crippen LogP contribution in [0.3, 0.4) is 0 Å². The van der Waals surface area contributed by atoms with Gasteiger partial charge in [-0.05, 0) is 19.4 Å². The first-order chi connectivity index (χ1) is 7.42. The highest BCUT2D eigenvalue weighted by atomic mass is 31.2. The zero-order valence-electron chi connectivity index (χ0n) is 9.80. The Morgan fingerprint density at radius 3 is 2.29 bits per heavy atom. The van der Waals surface area contributed by atoms with Crippen molar-refractivity contribution >= 4 is 13.6 Å². The summed E-state index contributed by atoms with van der Waals surface area (Å²) in [5, 5.41) is 2.70. The van der Waals surface area contributed by atoms with Crippen molar-refractivity contribution < 1.29 is 19.8 Å². The van der Waals surface area contributed by atoms with Gasteiger partial charge < -0.3 is 32.0 Å². The van der Waals surface area contributed by atoms with Gasteiger partial charge in [-0.3, -0.25) is 9.56 Å². The minimum Gasteiger partial charge on any atom is -0.412 e. The molecule has 0 atom stereocenters. The Balaban J connectivity index is 0. The smallest absolute Gasteiger partial charge is 0.339 e. The molecule has 0 fully saturated rings. The summed E-state index contributed by atoms with van der Waals surface area (Å²) in [7, 11) is -3.90. The van der Waals surface area contributed by atoms with Crippen LogP contribution in [0, 0.1) is 0 Å². The molecule has 0 saturated heterocycles.